The summed E-state index contributed by atoms with van der Waals surface area (Å²) in [6, 6.07) is 6.01. The van der Waals surface area contributed by atoms with Crippen LogP contribution in [-0.4, -0.2) is 45.7 Å². The third-order valence-corrected chi connectivity index (χ3v) is 6.85. The summed E-state index contributed by atoms with van der Waals surface area (Å²) in [7, 11) is 0. The predicted octanol–water partition coefficient (Wildman–Crippen LogP) is 3.81. The summed E-state index contributed by atoms with van der Waals surface area (Å²) >= 11 is 1.38. The molecule has 0 radical (unpaired) electrons. The van der Waals surface area contributed by atoms with Gasteiger partial charge in [-0.15, -0.1) is 0 Å². The van der Waals surface area contributed by atoms with E-state index >= 15 is 0 Å². The van der Waals surface area contributed by atoms with E-state index in [1.807, 2.05) is 30.5 Å². The lowest BCUT2D eigenvalue weighted by molar-refractivity contribution is -0.113. The average molecular weight is 443 g/mol. The highest BCUT2D eigenvalue weighted by Gasteiger charge is 2.21. The van der Waals surface area contributed by atoms with Crippen molar-refractivity contribution in [3.05, 3.63) is 51.1 Å². The van der Waals surface area contributed by atoms with Crippen molar-refractivity contribution in [2.24, 2.45) is 0 Å². The number of thioether (sulfide) groups is 1. The number of likely N-dealkylation sites (N-methyl/N-ethyl adjacent to an activating group) is 1. The topological polar surface area (TPSA) is 67.2 Å². The number of rotatable bonds is 9. The summed E-state index contributed by atoms with van der Waals surface area (Å²) in [6.07, 6.45) is 4.03. The zero-order valence-electron chi connectivity index (χ0n) is 19.2. The van der Waals surface area contributed by atoms with Crippen LogP contribution in [0.4, 0.5) is 5.69 Å². The lowest BCUT2D eigenvalue weighted by Crippen LogP contribution is -2.35. The van der Waals surface area contributed by atoms with Crippen LogP contribution in [0.25, 0.3) is 0 Å². The summed E-state index contributed by atoms with van der Waals surface area (Å²) in [5.41, 5.74) is 5.14. The van der Waals surface area contributed by atoms with Crippen molar-refractivity contribution in [3.63, 3.8) is 0 Å². The molecule has 1 aromatic carbocycles. The molecular weight excluding hydrogens is 408 g/mol. The van der Waals surface area contributed by atoms with Gasteiger partial charge in [-0.3, -0.25) is 9.36 Å². The van der Waals surface area contributed by atoms with Gasteiger partial charge in [-0.25, -0.2) is 4.79 Å². The first-order valence-electron chi connectivity index (χ1n) is 11.3. The normalized spacial score (nSPS) is 13.3. The van der Waals surface area contributed by atoms with Crippen LogP contribution >= 0.6 is 11.8 Å². The van der Waals surface area contributed by atoms with Crippen LogP contribution in [0, 0.1) is 13.8 Å². The van der Waals surface area contributed by atoms with Crippen molar-refractivity contribution in [1.82, 2.24) is 14.5 Å². The molecule has 0 bridgehead atoms. The van der Waals surface area contributed by atoms with Gasteiger partial charge in [0.25, 0.3) is 0 Å². The fourth-order valence-electron chi connectivity index (χ4n) is 4.26. The largest absolute Gasteiger partial charge is 0.348 e. The zero-order valence-corrected chi connectivity index (χ0v) is 20.0. The standard InChI is InChI=1S/C24H34N4O2S/c1-5-27(6-2)11-12-28-21-10-8-7-9-20(21)23(26-24(28)30)31-16-22(29)25-19-14-17(3)13-18(4)15-19/h13-15H,5-12,16H2,1-4H3,(H,25,29). The van der Waals surface area contributed by atoms with Crippen LogP contribution in [0.2, 0.25) is 0 Å². The number of nitrogens with one attached hydrogen (secondary N) is 1. The number of nitrogens with zero attached hydrogens (tertiary/aromatic N) is 3. The Hall–Kier alpha value is -2.12. The number of aryl methyl sites for hydroxylation is 2. The maximum absolute atomic E-state index is 12.8. The van der Waals surface area contributed by atoms with E-state index < -0.39 is 0 Å². The van der Waals surface area contributed by atoms with Crippen LogP contribution in [0.5, 0.6) is 0 Å². The van der Waals surface area contributed by atoms with Gasteiger partial charge in [-0.05, 0) is 75.9 Å². The molecule has 0 fully saturated rings. The average Bonchev–Trinajstić information content (AvgIpc) is 2.73. The second-order valence-corrected chi connectivity index (χ2v) is 9.19. The first-order valence-corrected chi connectivity index (χ1v) is 12.3. The molecule has 0 saturated heterocycles. The Bertz CT molecular complexity index is 962. The molecule has 6 nitrogen and oxygen atoms in total. The molecule has 168 valence electrons. The highest BCUT2D eigenvalue weighted by Crippen LogP contribution is 2.28. The smallest absolute Gasteiger partial charge is 0.325 e. The summed E-state index contributed by atoms with van der Waals surface area (Å²) in [5.74, 6) is 0.169. The minimum absolute atomic E-state index is 0.0768. The molecule has 3 rings (SSSR count). The molecule has 0 saturated carbocycles. The van der Waals surface area contributed by atoms with Gasteiger partial charge < -0.3 is 10.2 Å². The lowest BCUT2D eigenvalue weighted by atomic mass is 9.97. The molecule has 2 aromatic rings. The molecule has 1 amide bonds. The molecule has 31 heavy (non-hydrogen) atoms. The van der Waals surface area contributed by atoms with Crippen molar-refractivity contribution >= 4 is 23.4 Å². The van der Waals surface area contributed by atoms with Gasteiger partial charge in [-0.2, -0.15) is 4.98 Å². The molecule has 0 spiro atoms. The van der Waals surface area contributed by atoms with Gasteiger partial charge in [0.15, 0.2) is 0 Å². The second-order valence-electron chi connectivity index (χ2n) is 8.22. The summed E-state index contributed by atoms with van der Waals surface area (Å²) in [4.78, 5) is 32.1. The van der Waals surface area contributed by atoms with E-state index in [2.05, 4.69) is 35.1 Å². The number of carbonyl (C=O) groups is 1. The number of aromatic nitrogens is 2. The quantitative estimate of drug-likeness (QED) is 0.472. The molecule has 0 unspecified atom stereocenters. The van der Waals surface area contributed by atoms with Gasteiger partial charge >= 0.3 is 5.69 Å². The van der Waals surface area contributed by atoms with Crippen LogP contribution in [0.1, 0.15) is 49.1 Å². The number of hydrogen-bond donors (Lipinski definition) is 1. The van der Waals surface area contributed by atoms with E-state index in [4.69, 9.17) is 0 Å². The zero-order chi connectivity index (χ0) is 22.4. The Kier molecular flexibility index (Phi) is 8.32. The van der Waals surface area contributed by atoms with Crippen LogP contribution < -0.4 is 11.0 Å². The molecule has 7 heteroatoms. The van der Waals surface area contributed by atoms with Gasteiger partial charge in [0.2, 0.25) is 5.91 Å². The van der Waals surface area contributed by atoms with Crippen molar-refractivity contribution in [2.45, 2.75) is 64.9 Å². The number of benzene rings is 1. The van der Waals surface area contributed by atoms with E-state index in [1.165, 1.54) is 11.8 Å². The predicted molar refractivity (Wildman–Crippen MR) is 128 cm³/mol. The Morgan fingerprint density at radius 3 is 2.48 bits per heavy atom. The van der Waals surface area contributed by atoms with Gasteiger partial charge in [0.1, 0.15) is 5.03 Å². The molecule has 0 atom stereocenters. The van der Waals surface area contributed by atoms with Gasteiger partial charge in [-0.1, -0.05) is 31.7 Å². The maximum Gasteiger partial charge on any atom is 0.348 e. The van der Waals surface area contributed by atoms with E-state index in [1.54, 1.807) is 0 Å². The molecule has 1 aliphatic rings. The van der Waals surface area contributed by atoms with E-state index in [0.29, 0.717) is 6.54 Å². The van der Waals surface area contributed by atoms with Gasteiger partial charge in [0, 0.05) is 30.0 Å². The van der Waals surface area contributed by atoms with Crippen molar-refractivity contribution in [3.8, 4) is 0 Å². The first-order chi connectivity index (χ1) is 14.9. The molecule has 1 heterocycles. The van der Waals surface area contributed by atoms with Crippen molar-refractivity contribution < 1.29 is 4.79 Å². The molecule has 1 aromatic heterocycles. The highest BCUT2D eigenvalue weighted by molar-refractivity contribution is 8.00. The minimum Gasteiger partial charge on any atom is -0.325 e. The highest BCUT2D eigenvalue weighted by atomic mass is 32.2. The molecule has 0 aliphatic heterocycles. The number of fused-ring (bicyclic) bond motifs is 1. The van der Waals surface area contributed by atoms with Crippen LogP contribution in [0.15, 0.2) is 28.0 Å². The second kappa shape index (κ2) is 11.0. The van der Waals surface area contributed by atoms with Crippen LogP contribution in [-0.2, 0) is 24.2 Å². The van der Waals surface area contributed by atoms with E-state index in [0.717, 1.165) is 78.4 Å². The number of amides is 1. The molecular formula is C24H34N4O2S. The van der Waals surface area contributed by atoms with Crippen molar-refractivity contribution in [2.75, 3.05) is 30.7 Å². The number of carbonyl (C=O) groups excluding carboxylic acids is 1. The lowest BCUT2D eigenvalue weighted by Gasteiger charge is -2.24. The van der Waals surface area contributed by atoms with E-state index in [9.17, 15) is 9.59 Å². The van der Waals surface area contributed by atoms with Gasteiger partial charge in [0.05, 0.1) is 5.75 Å². The third kappa shape index (κ3) is 6.20. The third-order valence-electron chi connectivity index (χ3n) is 5.83. The maximum atomic E-state index is 12.8. The Labute approximate surface area is 189 Å². The number of hydrogen-bond acceptors (Lipinski definition) is 5. The summed E-state index contributed by atoms with van der Waals surface area (Å²) < 4.78 is 1.87. The molecule has 1 aliphatic carbocycles. The van der Waals surface area contributed by atoms with Crippen molar-refractivity contribution in [1.29, 1.82) is 0 Å². The van der Waals surface area contributed by atoms with E-state index in [-0.39, 0.29) is 17.3 Å². The summed E-state index contributed by atoms with van der Waals surface area (Å²) in [5, 5.41) is 3.70. The Morgan fingerprint density at radius 2 is 1.81 bits per heavy atom. The summed E-state index contributed by atoms with van der Waals surface area (Å²) in [6.45, 7) is 11.8. The first kappa shape index (κ1) is 23.5. The SMILES string of the molecule is CCN(CC)CCn1c2c(c(SCC(=O)Nc3cc(C)cc(C)c3)nc1=O)CCCC2. The Morgan fingerprint density at radius 1 is 1.13 bits per heavy atom. The molecule has 1 N–H and O–H groups in total. The number of anilines is 1. The monoisotopic (exact) mass is 442 g/mol. The van der Waals surface area contributed by atoms with Crippen LogP contribution in [0.3, 0.4) is 0 Å². The fraction of sp³-hybridized carbons (Fsp3) is 0.542. The minimum atomic E-state index is -0.190. The fourth-order valence-corrected chi connectivity index (χ4v) is 5.13. The Balaban J connectivity index is 1.73.